The number of nitrogens with one attached hydrogen (secondary N) is 1. The summed E-state index contributed by atoms with van der Waals surface area (Å²) in [5.74, 6) is -0.985. The van der Waals surface area contributed by atoms with Crippen molar-refractivity contribution in [2.45, 2.75) is 39.0 Å². The summed E-state index contributed by atoms with van der Waals surface area (Å²) in [4.78, 5) is 22.2. The molecule has 0 fully saturated rings. The number of rotatable bonds is 7. The molecule has 0 saturated heterocycles. The lowest BCUT2D eigenvalue weighted by molar-refractivity contribution is -0.116. The molecule has 1 amide bonds. The van der Waals surface area contributed by atoms with E-state index >= 15 is 0 Å². The van der Waals surface area contributed by atoms with Crippen LogP contribution in [0.4, 0.5) is 5.69 Å². The fourth-order valence-electron chi connectivity index (χ4n) is 1.63. The number of carbonyl (C=O) groups is 2. The Morgan fingerprint density at radius 1 is 1.11 bits per heavy atom. The van der Waals surface area contributed by atoms with Gasteiger partial charge in [-0.3, -0.25) is 4.79 Å². The predicted molar refractivity (Wildman–Crippen MR) is 70.8 cm³/mol. The first-order chi connectivity index (χ1) is 8.63. The first-order valence-electron chi connectivity index (χ1n) is 6.26. The van der Waals surface area contributed by atoms with Gasteiger partial charge in [-0.15, -0.1) is 0 Å². The van der Waals surface area contributed by atoms with Crippen LogP contribution < -0.4 is 5.32 Å². The summed E-state index contributed by atoms with van der Waals surface area (Å²) in [5, 5.41) is 11.5. The molecule has 0 aliphatic heterocycles. The summed E-state index contributed by atoms with van der Waals surface area (Å²) in [6.07, 6.45) is 4.79. The summed E-state index contributed by atoms with van der Waals surface area (Å²) >= 11 is 0. The second-order valence-electron chi connectivity index (χ2n) is 4.24. The summed E-state index contributed by atoms with van der Waals surface area (Å²) in [6, 6.07) is 6.17. The van der Waals surface area contributed by atoms with Crippen LogP contribution in [-0.2, 0) is 4.79 Å². The van der Waals surface area contributed by atoms with Crippen molar-refractivity contribution >= 4 is 17.6 Å². The molecule has 0 spiro atoms. The number of carbonyl (C=O) groups excluding carboxylic acids is 1. The molecule has 0 unspecified atom stereocenters. The predicted octanol–water partition coefficient (Wildman–Crippen LogP) is 3.29. The molecular formula is C14H19NO3. The zero-order valence-electron chi connectivity index (χ0n) is 10.6. The minimum absolute atomic E-state index is 0.0193. The quantitative estimate of drug-likeness (QED) is 0.729. The van der Waals surface area contributed by atoms with Gasteiger partial charge < -0.3 is 10.4 Å². The van der Waals surface area contributed by atoms with Gasteiger partial charge >= 0.3 is 5.97 Å². The van der Waals surface area contributed by atoms with Crippen LogP contribution in [0.3, 0.4) is 0 Å². The average molecular weight is 249 g/mol. The van der Waals surface area contributed by atoms with Gasteiger partial charge in [-0.2, -0.15) is 0 Å². The maximum atomic E-state index is 11.6. The molecule has 0 saturated carbocycles. The number of unbranched alkanes of at least 4 members (excludes halogenated alkanes) is 3. The first kappa shape index (κ1) is 14.2. The Morgan fingerprint density at radius 2 is 1.78 bits per heavy atom. The maximum absolute atomic E-state index is 11.6. The van der Waals surface area contributed by atoms with E-state index < -0.39 is 5.97 Å². The van der Waals surface area contributed by atoms with Gasteiger partial charge in [0.15, 0.2) is 0 Å². The lowest BCUT2D eigenvalue weighted by atomic mass is 10.1. The molecule has 0 atom stereocenters. The Bertz CT molecular complexity index is 398. The number of anilines is 1. The van der Waals surface area contributed by atoms with Crippen LogP contribution >= 0.6 is 0 Å². The molecule has 1 aromatic rings. The molecule has 98 valence electrons. The minimum Gasteiger partial charge on any atom is -0.478 e. The van der Waals surface area contributed by atoms with E-state index in [1.54, 1.807) is 12.1 Å². The Kier molecular flexibility index (Phi) is 5.91. The molecule has 0 radical (unpaired) electrons. The molecule has 0 bridgehead atoms. The van der Waals surface area contributed by atoms with E-state index in [4.69, 9.17) is 5.11 Å². The van der Waals surface area contributed by atoms with Crippen LogP contribution in [0.2, 0.25) is 0 Å². The molecule has 1 rings (SSSR count). The van der Waals surface area contributed by atoms with Crippen molar-refractivity contribution in [3.63, 3.8) is 0 Å². The van der Waals surface area contributed by atoms with Gasteiger partial charge in [0.05, 0.1) is 5.56 Å². The van der Waals surface area contributed by atoms with Crippen LogP contribution in [0, 0.1) is 0 Å². The molecule has 0 heterocycles. The van der Waals surface area contributed by atoms with Crippen molar-refractivity contribution < 1.29 is 14.7 Å². The van der Waals surface area contributed by atoms with Gasteiger partial charge in [0.2, 0.25) is 5.91 Å². The van der Waals surface area contributed by atoms with Crippen molar-refractivity contribution in [3.8, 4) is 0 Å². The van der Waals surface area contributed by atoms with Crippen LogP contribution in [0.1, 0.15) is 49.4 Å². The fraction of sp³-hybridized carbons (Fsp3) is 0.429. The molecule has 1 aromatic carbocycles. The van der Waals surface area contributed by atoms with Gasteiger partial charge in [-0.25, -0.2) is 4.79 Å². The number of carboxylic acids is 1. The average Bonchev–Trinajstić information content (AvgIpc) is 2.35. The number of benzene rings is 1. The zero-order valence-corrected chi connectivity index (χ0v) is 10.6. The third kappa shape index (κ3) is 4.99. The van der Waals surface area contributed by atoms with Gasteiger partial charge in [0, 0.05) is 12.1 Å². The lowest BCUT2D eigenvalue weighted by Gasteiger charge is -2.05. The molecule has 4 nitrogen and oxygen atoms in total. The highest BCUT2D eigenvalue weighted by Gasteiger charge is 2.04. The van der Waals surface area contributed by atoms with Crippen molar-refractivity contribution in [1.29, 1.82) is 0 Å². The largest absolute Gasteiger partial charge is 0.478 e. The minimum atomic E-state index is -0.965. The van der Waals surface area contributed by atoms with E-state index in [0.717, 1.165) is 25.7 Å². The number of carboxylic acid groups (broad SMARTS) is 1. The van der Waals surface area contributed by atoms with Crippen LogP contribution in [0.15, 0.2) is 24.3 Å². The first-order valence-corrected chi connectivity index (χ1v) is 6.26. The van der Waals surface area contributed by atoms with Crippen molar-refractivity contribution in [2.75, 3.05) is 5.32 Å². The summed E-state index contributed by atoms with van der Waals surface area (Å²) in [6.45, 7) is 2.13. The molecule has 4 heteroatoms. The number of aromatic carboxylic acids is 1. The second-order valence-corrected chi connectivity index (χ2v) is 4.24. The highest BCUT2D eigenvalue weighted by atomic mass is 16.4. The van der Waals surface area contributed by atoms with Crippen molar-refractivity contribution in [1.82, 2.24) is 0 Å². The van der Waals surface area contributed by atoms with Gasteiger partial charge in [-0.05, 0) is 30.7 Å². The molecule has 0 aliphatic rings. The molecule has 0 aromatic heterocycles. The number of hydrogen-bond donors (Lipinski definition) is 2. The zero-order chi connectivity index (χ0) is 13.4. The van der Waals surface area contributed by atoms with Crippen molar-refractivity contribution in [2.24, 2.45) is 0 Å². The molecule has 0 aliphatic carbocycles. The van der Waals surface area contributed by atoms with E-state index in [1.807, 2.05) is 0 Å². The topological polar surface area (TPSA) is 66.4 Å². The Morgan fingerprint density at radius 3 is 2.33 bits per heavy atom. The van der Waals surface area contributed by atoms with Crippen molar-refractivity contribution in [3.05, 3.63) is 29.8 Å². The Balaban J connectivity index is 2.37. The fourth-order valence-corrected chi connectivity index (χ4v) is 1.63. The Labute approximate surface area is 107 Å². The third-order valence-corrected chi connectivity index (χ3v) is 2.67. The normalized spacial score (nSPS) is 10.1. The third-order valence-electron chi connectivity index (χ3n) is 2.67. The monoisotopic (exact) mass is 249 g/mol. The molecular weight excluding hydrogens is 230 g/mol. The molecule has 2 N–H and O–H groups in total. The lowest BCUT2D eigenvalue weighted by Crippen LogP contribution is -2.11. The van der Waals surface area contributed by atoms with Gasteiger partial charge in [0.1, 0.15) is 0 Å². The smallest absolute Gasteiger partial charge is 0.335 e. The van der Waals surface area contributed by atoms with Crippen LogP contribution in [0.25, 0.3) is 0 Å². The van der Waals surface area contributed by atoms with E-state index in [1.165, 1.54) is 12.1 Å². The summed E-state index contributed by atoms with van der Waals surface area (Å²) < 4.78 is 0. The van der Waals surface area contributed by atoms with E-state index in [2.05, 4.69) is 12.2 Å². The van der Waals surface area contributed by atoms with Gasteiger partial charge in [-0.1, -0.05) is 26.2 Å². The number of hydrogen-bond acceptors (Lipinski definition) is 2. The summed E-state index contributed by atoms with van der Waals surface area (Å²) in [7, 11) is 0. The SMILES string of the molecule is CCCCCCC(=O)Nc1ccc(C(=O)O)cc1. The van der Waals surface area contributed by atoms with Crippen LogP contribution in [0.5, 0.6) is 0 Å². The van der Waals surface area contributed by atoms with E-state index in [-0.39, 0.29) is 11.5 Å². The highest BCUT2D eigenvalue weighted by molar-refractivity contribution is 5.92. The standard InChI is InChI=1S/C14H19NO3/c1-2-3-4-5-6-13(16)15-12-9-7-11(8-10-12)14(17)18/h7-10H,2-6H2,1H3,(H,15,16)(H,17,18). The van der Waals surface area contributed by atoms with Crippen LogP contribution in [-0.4, -0.2) is 17.0 Å². The highest BCUT2D eigenvalue weighted by Crippen LogP contribution is 2.11. The summed E-state index contributed by atoms with van der Waals surface area (Å²) in [5.41, 5.74) is 0.858. The van der Waals surface area contributed by atoms with E-state index in [0.29, 0.717) is 12.1 Å². The number of amides is 1. The Hall–Kier alpha value is -1.84. The van der Waals surface area contributed by atoms with E-state index in [9.17, 15) is 9.59 Å². The second kappa shape index (κ2) is 7.48. The van der Waals surface area contributed by atoms with Gasteiger partial charge in [0.25, 0.3) is 0 Å². The maximum Gasteiger partial charge on any atom is 0.335 e. The molecule has 18 heavy (non-hydrogen) atoms.